The monoisotopic (exact) mass is 312 g/mol. The SMILES string of the molecule is O=C1NCC2(CN(C(=O)CCN3CCCCC3)C2)N1.O=CO. The molecule has 3 aliphatic rings. The molecule has 0 aromatic heterocycles. The van der Waals surface area contributed by atoms with Gasteiger partial charge in [0, 0.05) is 32.6 Å². The smallest absolute Gasteiger partial charge is 0.315 e. The number of carbonyl (C=O) groups excluding carboxylic acids is 2. The van der Waals surface area contributed by atoms with Crippen molar-refractivity contribution in [3.05, 3.63) is 0 Å². The van der Waals surface area contributed by atoms with E-state index >= 15 is 0 Å². The van der Waals surface area contributed by atoms with E-state index < -0.39 is 0 Å². The number of likely N-dealkylation sites (tertiary alicyclic amines) is 2. The second-order valence-corrected chi connectivity index (χ2v) is 6.10. The normalized spacial score (nSPS) is 22.9. The zero-order valence-corrected chi connectivity index (χ0v) is 12.7. The number of rotatable bonds is 3. The molecule has 3 N–H and O–H groups in total. The summed E-state index contributed by atoms with van der Waals surface area (Å²) in [5, 5.41) is 12.6. The number of piperidine rings is 1. The molecular weight excluding hydrogens is 288 g/mol. The number of urea groups is 1. The summed E-state index contributed by atoms with van der Waals surface area (Å²) in [4.78, 5) is 35.8. The van der Waals surface area contributed by atoms with Gasteiger partial charge in [-0.15, -0.1) is 0 Å². The number of hydrogen-bond acceptors (Lipinski definition) is 4. The summed E-state index contributed by atoms with van der Waals surface area (Å²) in [6.45, 7) is 4.86. The van der Waals surface area contributed by atoms with Gasteiger partial charge in [-0.05, 0) is 25.9 Å². The van der Waals surface area contributed by atoms with E-state index in [1.165, 1.54) is 19.3 Å². The van der Waals surface area contributed by atoms with Crippen LogP contribution in [0.4, 0.5) is 4.79 Å². The number of carboxylic acid groups (broad SMARTS) is 1. The van der Waals surface area contributed by atoms with Crippen molar-refractivity contribution < 1.29 is 19.5 Å². The van der Waals surface area contributed by atoms with E-state index in [0.717, 1.165) is 19.6 Å². The molecule has 0 aromatic carbocycles. The lowest BCUT2D eigenvalue weighted by Gasteiger charge is -2.47. The van der Waals surface area contributed by atoms with Crippen LogP contribution in [0.1, 0.15) is 25.7 Å². The van der Waals surface area contributed by atoms with Gasteiger partial charge in [-0.25, -0.2) is 4.79 Å². The Balaban J connectivity index is 0.000000545. The van der Waals surface area contributed by atoms with E-state index in [1.807, 2.05) is 4.90 Å². The fraction of sp³-hybridized carbons (Fsp3) is 0.786. The van der Waals surface area contributed by atoms with E-state index in [-0.39, 0.29) is 23.9 Å². The first kappa shape index (κ1) is 16.5. The Bertz CT molecular complexity index is 417. The van der Waals surface area contributed by atoms with Gasteiger partial charge in [0.25, 0.3) is 6.47 Å². The molecular formula is C14H24N4O4. The largest absolute Gasteiger partial charge is 0.483 e. The van der Waals surface area contributed by atoms with Crippen LogP contribution in [0.3, 0.4) is 0 Å². The molecule has 0 unspecified atom stereocenters. The summed E-state index contributed by atoms with van der Waals surface area (Å²) in [5.74, 6) is 0.220. The summed E-state index contributed by atoms with van der Waals surface area (Å²) in [6, 6.07) is -0.111. The quantitative estimate of drug-likeness (QED) is 0.607. The number of nitrogens with zero attached hydrogens (tertiary/aromatic N) is 2. The maximum Gasteiger partial charge on any atom is 0.315 e. The van der Waals surface area contributed by atoms with Gasteiger partial charge in [0.2, 0.25) is 5.91 Å². The first-order chi connectivity index (χ1) is 10.6. The molecule has 0 radical (unpaired) electrons. The van der Waals surface area contributed by atoms with E-state index in [0.29, 0.717) is 26.1 Å². The van der Waals surface area contributed by atoms with Crippen molar-refractivity contribution >= 4 is 18.4 Å². The molecule has 3 heterocycles. The summed E-state index contributed by atoms with van der Waals surface area (Å²) in [7, 11) is 0. The maximum absolute atomic E-state index is 12.1. The van der Waals surface area contributed by atoms with Gasteiger partial charge in [0.15, 0.2) is 0 Å². The van der Waals surface area contributed by atoms with Crippen molar-refractivity contribution in [1.29, 1.82) is 0 Å². The lowest BCUT2D eigenvalue weighted by Crippen LogP contribution is -2.70. The molecule has 3 amide bonds. The predicted molar refractivity (Wildman–Crippen MR) is 79.4 cm³/mol. The molecule has 3 saturated heterocycles. The third-order valence-electron chi connectivity index (χ3n) is 4.40. The maximum atomic E-state index is 12.1. The highest BCUT2D eigenvalue weighted by Crippen LogP contribution is 2.23. The molecule has 1 spiro atoms. The zero-order chi connectivity index (χ0) is 16.0. The highest BCUT2D eigenvalue weighted by atomic mass is 16.3. The number of amides is 3. The number of nitrogens with one attached hydrogen (secondary N) is 2. The van der Waals surface area contributed by atoms with Gasteiger partial charge in [-0.1, -0.05) is 6.42 Å². The molecule has 3 fully saturated rings. The molecule has 8 heteroatoms. The van der Waals surface area contributed by atoms with Crippen LogP contribution < -0.4 is 10.6 Å². The molecule has 0 bridgehead atoms. The van der Waals surface area contributed by atoms with Crippen LogP contribution >= 0.6 is 0 Å². The highest BCUT2D eigenvalue weighted by molar-refractivity contribution is 5.81. The van der Waals surface area contributed by atoms with Crippen molar-refractivity contribution in [1.82, 2.24) is 20.4 Å². The molecule has 8 nitrogen and oxygen atoms in total. The molecule has 0 saturated carbocycles. The third kappa shape index (κ3) is 4.09. The van der Waals surface area contributed by atoms with Crippen LogP contribution in [0.15, 0.2) is 0 Å². The summed E-state index contributed by atoms with van der Waals surface area (Å²) < 4.78 is 0. The van der Waals surface area contributed by atoms with Crippen LogP contribution in [0.25, 0.3) is 0 Å². The molecule has 0 atom stereocenters. The van der Waals surface area contributed by atoms with Crippen LogP contribution in [0, 0.1) is 0 Å². The van der Waals surface area contributed by atoms with Gasteiger partial charge >= 0.3 is 6.03 Å². The van der Waals surface area contributed by atoms with Gasteiger partial charge in [-0.2, -0.15) is 0 Å². The highest BCUT2D eigenvalue weighted by Gasteiger charge is 2.49. The predicted octanol–water partition coefficient (Wildman–Crippen LogP) is -0.543. The zero-order valence-electron chi connectivity index (χ0n) is 12.7. The Morgan fingerprint density at radius 2 is 1.91 bits per heavy atom. The van der Waals surface area contributed by atoms with E-state index in [9.17, 15) is 9.59 Å². The van der Waals surface area contributed by atoms with E-state index in [4.69, 9.17) is 9.90 Å². The van der Waals surface area contributed by atoms with Crippen molar-refractivity contribution in [3.63, 3.8) is 0 Å². The average molecular weight is 312 g/mol. The number of carbonyl (C=O) groups is 3. The Hall–Kier alpha value is -1.83. The third-order valence-corrected chi connectivity index (χ3v) is 4.40. The minimum Gasteiger partial charge on any atom is -0.483 e. The Morgan fingerprint density at radius 3 is 2.45 bits per heavy atom. The summed E-state index contributed by atoms with van der Waals surface area (Å²) in [6.07, 6.45) is 4.46. The van der Waals surface area contributed by atoms with Gasteiger partial charge in [0.05, 0.1) is 5.54 Å². The van der Waals surface area contributed by atoms with Gasteiger partial charge in [-0.3, -0.25) is 9.59 Å². The first-order valence-electron chi connectivity index (χ1n) is 7.72. The van der Waals surface area contributed by atoms with Crippen LogP contribution in [0.2, 0.25) is 0 Å². The van der Waals surface area contributed by atoms with Crippen LogP contribution in [0.5, 0.6) is 0 Å². The van der Waals surface area contributed by atoms with Crippen LogP contribution in [-0.4, -0.2) is 78.1 Å². The van der Waals surface area contributed by atoms with Gasteiger partial charge in [0.1, 0.15) is 0 Å². The second-order valence-electron chi connectivity index (χ2n) is 6.10. The Labute approximate surface area is 129 Å². The van der Waals surface area contributed by atoms with Crippen molar-refractivity contribution in [2.75, 3.05) is 39.3 Å². The first-order valence-corrected chi connectivity index (χ1v) is 7.72. The van der Waals surface area contributed by atoms with Crippen molar-refractivity contribution in [3.8, 4) is 0 Å². The standard InChI is InChI=1S/C13H22N4O2.CH2O2/c18-11(4-7-16-5-2-1-3-6-16)17-9-13(10-17)8-14-12(19)15-13;2-1-3/h1-10H2,(H2,14,15,19);1H,(H,2,3). The van der Waals surface area contributed by atoms with Crippen LogP contribution in [-0.2, 0) is 9.59 Å². The number of hydrogen-bond donors (Lipinski definition) is 3. The fourth-order valence-electron chi connectivity index (χ4n) is 3.23. The second kappa shape index (κ2) is 7.44. The molecule has 3 aliphatic heterocycles. The molecule has 22 heavy (non-hydrogen) atoms. The lowest BCUT2D eigenvalue weighted by molar-refractivity contribution is -0.139. The minimum absolute atomic E-state index is 0.111. The Morgan fingerprint density at radius 1 is 1.27 bits per heavy atom. The lowest BCUT2D eigenvalue weighted by atomic mass is 9.90. The van der Waals surface area contributed by atoms with E-state index in [2.05, 4.69) is 15.5 Å². The average Bonchev–Trinajstić information content (AvgIpc) is 2.88. The molecule has 3 rings (SSSR count). The molecule has 124 valence electrons. The molecule has 0 aliphatic carbocycles. The fourth-order valence-corrected chi connectivity index (χ4v) is 3.23. The molecule has 0 aromatic rings. The Kier molecular flexibility index (Phi) is 5.59. The van der Waals surface area contributed by atoms with Crippen molar-refractivity contribution in [2.24, 2.45) is 0 Å². The van der Waals surface area contributed by atoms with Crippen molar-refractivity contribution in [2.45, 2.75) is 31.2 Å². The summed E-state index contributed by atoms with van der Waals surface area (Å²) in [5.41, 5.74) is -0.183. The van der Waals surface area contributed by atoms with E-state index in [1.54, 1.807) is 0 Å². The minimum atomic E-state index is -0.250. The van der Waals surface area contributed by atoms with Gasteiger partial charge < -0.3 is 25.5 Å². The summed E-state index contributed by atoms with van der Waals surface area (Å²) >= 11 is 0. The topological polar surface area (TPSA) is 102 Å².